The molecular formula is C9H18O2. The fourth-order valence-electron chi connectivity index (χ4n) is 0.581. The van der Waals surface area contributed by atoms with Crippen molar-refractivity contribution < 1.29 is 9.53 Å². The highest BCUT2D eigenvalue weighted by Gasteiger charge is 2.06. The lowest BCUT2D eigenvalue weighted by Crippen LogP contribution is -2.16. The molecule has 0 aromatic carbocycles. The van der Waals surface area contributed by atoms with Crippen molar-refractivity contribution in [2.24, 2.45) is 5.92 Å². The smallest absolute Gasteiger partial charge is 0.132 e. The molecule has 0 N–H and O–H groups in total. The van der Waals surface area contributed by atoms with Gasteiger partial charge in [-0.1, -0.05) is 13.8 Å². The molecule has 2 nitrogen and oxygen atoms in total. The van der Waals surface area contributed by atoms with Crippen molar-refractivity contribution >= 4 is 5.78 Å². The fourth-order valence-corrected chi connectivity index (χ4v) is 0.581. The fraction of sp³-hybridized carbons (Fsp3) is 0.889. The number of hydrogen-bond acceptors (Lipinski definition) is 2. The second-order valence-electron chi connectivity index (χ2n) is 3.27. The van der Waals surface area contributed by atoms with Crippen LogP contribution in [0.15, 0.2) is 0 Å². The van der Waals surface area contributed by atoms with Crippen LogP contribution in [-0.2, 0) is 9.53 Å². The molecule has 0 rings (SSSR count). The Bertz CT molecular complexity index is 119. The molecule has 0 aliphatic rings. The number of hydrogen-bond donors (Lipinski definition) is 0. The van der Waals surface area contributed by atoms with Crippen LogP contribution in [0.5, 0.6) is 0 Å². The molecule has 0 amide bonds. The predicted molar refractivity (Wildman–Crippen MR) is 45.6 cm³/mol. The average Bonchev–Trinajstić information content (AvgIpc) is 1.86. The molecule has 0 unspecified atom stereocenters. The summed E-state index contributed by atoms with van der Waals surface area (Å²) in [6, 6.07) is 0. The average molecular weight is 158 g/mol. The molecule has 0 aliphatic carbocycles. The van der Waals surface area contributed by atoms with Crippen LogP contribution in [0.2, 0.25) is 0 Å². The number of carbonyl (C=O) groups is 1. The van der Waals surface area contributed by atoms with Crippen LogP contribution in [-0.4, -0.2) is 18.5 Å². The Balaban J connectivity index is 3.31. The van der Waals surface area contributed by atoms with Gasteiger partial charge in [0, 0.05) is 6.42 Å². The van der Waals surface area contributed by atoms with Gasteiger partial charge in [0.05, 0.1) is 12.7 Å². The summed E-state index contributed by atoms with van der Waals surface area (Å²) in [5, 5.41) is 0. The minimum absolute atomic E-state index is 0.195. The minimum Gasteiger partial charge on any atom is -0.378 e. The zero-order valence-electron chi connectivity index (χ0n) is 7.89. The van der Waals surface area contributed by atoms with E-state index in [0.29, 0.717) is 18.9 Å². The van der Waals surface area contributed by atoms with Crippen LogP contribution in [0.4, 0.5) is 0 Å². The monoisotopic (exact) mass is 158 g/mol. The molecule has 2 heteroatoms. The molecule has 0 aromatic heterocycles. The number of ketones is 1. The summed E-state index contributed by atoms with van der Waals surface area (Å²) < 4.78 is 5.39. The van der Waals surface area contributed by atoms with Gasteiger partial charge in [0.1, 0.15) is 5.78 Å². The third-order valence-electron chi connectivity index (χ3n) is 1.77. The molecule has 0 bridgehead atoms. The number of rotatable bonds is 5. The molecule has 0 aromatic rings. The summed E-state index contributed by atoms with van der Waals surface area (Å²) in [7, 11) is 0. The van der Waals surface area contributed by atoms with Gasteiger partial charge in [-0.25, -0.2) is 0 Å². The van der Waals surface area contributed by atoms with Gasteiger partial charge in [-0.3, -0.25) is 4.79 Å². The van der Waals surface area contributed by atoms with Crippen LogP contribution in [0, 0.1) is 5.92 Å². The van der Waals surface area contributed by atoms with E-state index >= 15 is 0 Å². The highest BCUT2D eigenvalue weighted by Crippen LogP contribution is 2.05. The van der Waals surface area contributed by atoms with E-state index in [2.05, 4.69) is 13.8 Å². The van der Waals surface area contributed by atoms with Gasteiger partial charge in [-0.2, -0.15) is 0 Å². The molecule has 0 heterocycles. The first-order valence-electron chi connectivity index (χ1n) is 4.15. The Kier molecular flexibility index (Phi) is 5.12. The van der Waals surface area contributed by atoms with Gasteiger partial charge >= 0.3 is 0 Å². The second kappa shape index (κ2) is 5.30. The maximum Gasteiger partial charge on any atom is 0.132 e. The minimum atomic E-state index is 0.195. The van der Waals surface area contributed by atoms with Gasteiger partial charge in [-0.15, -0.1) is 0 Å². The van der Waals surface area contributed by atoms with Crippen molar-refractivity contribution in [2.75, 3.05) is 6.61 Å². The molecule has 66 valence electrons. The zero-order valence-corrected chi connectivity index (χ0v) is 7.89. The van der Waals surface area contributed by atoms with Gasteiger partial charge in [0.2, 0.25) is 0 Å². The molecule has 11 heavy (non-hydrogen) atoms. The van der Waals surface area contributed by atoms with Crippen molar-refractivity contribution in [1.29, 1.82) is 0 Å². The van der Waals surface area contributed by atoms with Crippen LogP contribution in [0.3, 0.4) is 0 Å². The van der Waals surface area contributed by atoms with Crippen LogP contribution < -0.4 is 0 Å². The summed E-state index contributed by atoms with van der Waals surface area (Å²) in [6.07, 6.45) is 0.797. The lowest BCUT2D eigenvalue weighted by Gasteiger charge is -2.15. The van der Waals surface area contributed by atoms with E-state index in [1.54, 1.807) is 6.92 Å². The Labute approximate surface area is 68.9 Å². The van der Waals surface area contributed by atoms with E-state index in [1.165, 1.54) is 0 Å². The van der Waals surface area contributed by atoms with E-state index in [9.17, 15) is 4.79 Å². The predicted octanol–water partition coefficient (Wildman–Crippen LogP) is 2.03. The number of ether oxygens (including phenoxy) is 1. The topological polar surface area (TPSA) is 26.3 Å². The summed E-state index contributed by atoms with van der Waals surface area (Å²) in [5.41, 5.74) is 0. The third kappa shape index (κ3) is 6.05. The van der Waals surface area contributed by atoms with Crippen LogP contribution in [0.1, 0.15) is 34.1 Å². The summed E-state index contributed by atoms with van der Waals surface area (Å²) in [6.45, 7) is 8.40. The summed E-state index contributed by atoms with van der Waals surface area (Å²) in [5.74, 6) is 0.725. The lowest BCUT2D eigenvalue weighted by molar-refractivity contribution is -0.118. The molecule has 0 radical (unpaired) electrons. The molecule has 0 saturated heterocycles. The SMILES string of the molecule is CC(=O)CCO[C@H](C)C(C)C. The quantitative estimate of drug-likeness (QED) is 0.612. The van der Waals surface area contributed by atoms with Gasteiger partial charge in [0.25, 0.3) is 0 Å². The standard InChI is InChI=1S/C9H18O2/c1-7(2)9(4)11-6-5-8(3)10/h7,9H,5-6H2,1-4H3/t9-/m1/s1. The first-order valence-corrected chi connectivity index (χ1v) is 4.15. The van der Waals surface area contributed by atoms with Gasteiger partial charge in [-0.05, 0) is 19.8 Å². The Hall–Kier alpha value is -0.370. The molecule has 1 atom stereocenters. The van der Waals surface area contributed by atoms with E-state index in [-0.39, 0.29) is 11.9 Å². The largest absolute Gasteiger partial charge is 0.378 e. The van der Waals surface area contributed by atoms with Crippen molar-refractivity contribution in [2.45, 2.75) is 40.2 Å². The van der Waals surface area contributed by atoms with E-state index in [0.717, 1.165) is 0 Å². The Morgan fingerprint density at radius 1 is 1.36 bits per heavy atom. The first-order chi connectivity index (χ1) is 5.04. The Morgan fingerprint density at radius 2 is 1.91 bits per heavy atom. The van der Waals surface area contributed by atoms with Crippen molar-refractivity contribution in [1.82, 2.24) is 0 Å². The van der Waals surface area contributed by atoms with Crippen molar-refractivity contribution in [3.8, 4) is 0 Å². The molecule has 0 fully saturated rings. The highest BCUT2D eigenvalue weighted by molar-refractivity contribution is 5.75. The third-order valence-corrected chi connectivity index (χ3v) is 1.77. The van der Waals surface area contributed by atoms with Crippen molar-refractivity contribution in [3.05, 3.63) is 0 Å². The molecule has 0 saturated carbocycles. The molecule has 0 spiro atoms. The normalized spacial score (nSPS) is 13.5. The van der Waals surface area contributed by atoms with Crippen LogP contribution in [0.25, 0.3) is 0 Å². The highest BCUT2D eigenvalue weighted by atomic mass is 16.5. The maximum absolute atomic E-state index is 10.5. The summed E-state index contributed by atoms with van der Waals surface area (Å²) in [4.78, 5) is 10.5. The zero-order chi connectivity index (χ0) is 8.85. The van der Waals surface area contributed by atoms with E-state index in [4.69, 9.17) is 4.74 Å². The van der Waals surface area contributed by atoms with Crippen molar-refractivity contribution in [3.63, 3.8) is 0 Å². The first kappa shape index (κ1) is 10.6. The van der Waals surface area contributed by atoms with E-state index < -0.39 is 0 Å². The summed E-state index contributed by atoms with van der Waals surface area (Å²) >= 11 is 0. The number of Topliss-reactive ketones (excluding diaryl/α,β-unsaturated/α-hetero) is 1. The lowest BCUT2D eigenvalue weighted by atomic mass is 10.1. The Morgan fingerprint density at radius 3 is 2.27 bits per heavy atom. The second-order valence-corrected chi connectivity index (χ2v) is 3.27. The van der Waals surface area contributed by atoms with Gasteiger partial charge in [0.15, 0.2) is 0 Å². The van der Waals surface area contributed by atoms with E-state index in [1.807, 2.05) is 6.92 Å². The van der Waals surface area contributed by atoms with Gasteiger partial charge < -0.3 is 4.74 Å². The maximum atomic E-state index is 10.5. The molecule has 0 aliphatic heterocycles. The molecular weight excluding hydrogens is 140 g/mol. The van der Waals surface area contributed by atoms with Crippen LogP contribution >= 0.6 is 0 Å². The number of carbonyl (C=O) groups excluding carboxylic acids is 1.